The number of likely N-dealkylation sites (tertiary alicyclic amines) is 1. The molecule has 1 aliphatic heterocycles. The highest BCUT2D eigenvalue weighted by molar-refractivity contribution is 9.10. The quantitative estimate of drug-likeness (QED) is 0.794. The molecule has 1 aromatic heterocycles. The number of hydrogen-bond acceptors (Lipinski definition) is 3. The molecule has 1 fully saturated rings. The lowest BCUT2D eigenvalue weighted by Gasteiger charge is -2.34. The highest BCUT2D eigenvalue weighted by atomic mass is 79.9. The Morgan fingerprint density at radius 2 is 2.26 bits per heavy atom. The zero-order valence-corrected chi connectivity index (χ0v) is 13.2. The Morgan fingerprint density at radius 3 is 2.84 bits per heavy atom. The number of aromatic nitrogens is 2. The standard InChI is InChI=1S/C13H20BrN3O2/c1-13(2,3)19-12(18)16-8-4-5-10(9-16)17-11(14)6-7-15-17/h6-7,10H,4-5,8-9H2,1-3H3. The van der Waals surface area contributed by atoms with Crippen molar-refractivity contribution in [3.05, 3.63) is 16.9 Å². The van der Waals surface area contributed by atoms with Gasteiger partial charge < -0.3 is 9.64 Å². The van der Waals surface area contributed by atoms with Crippen LogP contribution in [0.1, 0.15) is 39.7 Å². The second-order valence-corrected chi connectivity index (χ2v) is 6.63. The first-order valence-corrected chi connectivity index (χ1v) is 7.33. The Kier molecular flexibility index (Phi) is 4.18. The number of carbonyl (C=O) groups excluding carboxylic acids is 1. The minimum absolute atomic E-state index is 0.214. The number of rotatable bonds is 1. The lowest BCUT2D eigenvalue weighted by Crippen LogP contribution is -2.43. The average Bonchev–Trinajstić information content (AvgIpc) is 2.73. The summed E-state index contributed by atoms with van der Waals surface area (Å²) in [5.74, 6) is 0. The van der Waals surface area contributed by atoms with Gasteiger partial charge in [0.15, 0.2) is 0 Å². The summed E-state index contributed by atoms with van der Waals surface area (Å²) in [6.45, 7) is 7.06. The highest BCUT2D eigenvalue weighted by Gasteiger charge is 2.29. The molecule has 6 heteroatoms. The van der Waals surface area contributed by atoms with Crippen molar-refractivity contribution in [1.82, 2.24) is 14.7 Å². The first kappa shape index (κ1) is 14.4. The molecule has 0 bridgehead atoms. The molecule has 0 radical (unpaired) electrons. The number of hydrogen-bond donors (Lipinski definition) is 0. The van der Waals surface area contributed by atoms with E-state index in [-0.39, 0.29) is 12.1 Å². The minimum atomic E-state index is -0.448. The van der Waals surface area contributed by atoms with E-state index in [1.807, 2.05) is 31.5 Å². The van der Waals surface area contributed by atoms with Crippen LogP contribution in [0.15, 0.2) is 16.9 Å². The van der Waals surface area contributed by atoms with Crippen LogP contribution >= 0.6 is 15.9 Å². The van der Waals surface area contributed by atoms with E-state index in [0.29, 0.717) is 6.54 Å². The smallest absolute Gasteiger partial charge is 0.410 e. The van der Waals surface area contributed by atoms with Crippen molar-refractivity contribution in [2.75, 3.05) is 13.1 Å². The summed E-state index contributed by atoms with van der Waals surface area (Å²) in [6, 6.07) is 2.12. The van der Waals surface area contributed by atoms with Crippen LogP contribution in [0.3, 0.4) is 0 Å². The molecule has 1 amide bonds. The summed E-state index contributed by atoms with van der Waals surface area (Å²) in [4.78, 5) is 13.8. The fraction of sp³-hybridized carbons (Fsp3) is 0.692. The van der Waals surface area contributed by atoms with E-state index in [0.717, 1.165) is 24.0 Å². The maximum atomic E-state index is 12.1. The van der Waals surface area contributed by atoms with Crippen LogP contribution in [-0.2, 0) is 4.74 Å². The summed E-state index contributed by atoms with van der Waals surface area (Å²) < 4.78 is 8.29. The minimum Gasteiger partial charge on any atom is -0.444 e. The summed E-state index contributed by atoms with van der Waals surface area (Å²) in [6.07, 6.45) is 3.52. The van der Waals surface area contributed by atoms with Gasteiger partial charge >= 0.3 is 6.09 Å². The van der Waals surface area contributed by atoms with Crippen molar-refractivity contribution in [3.63, 3.8) is 0 Å². The summed E-state index contributed by atoms with van der Waals surface area (Å²) >= 11 is 3.47. The summed E-state index contributed by atoms with van der Waals surface area (Å²) in [5, 5.41) is 4.30. The van der Waals surface area contributed by atoms with Gasteiger partial charge in [-0.05, 0) is 55.6 Å². The van der Waals surface area contributed by atoms with Gasteiger partial charge in [-0.1, -0.05) is 0 Å². The topological polar surface area (TPSA) is 47.4 Å². The predicted octanol–water partition coefficient (Wildman–Crippen LogP) is 3.22. The average molecular weight is 330 g/mol. The third kappa shape index (κ3) is 3.72. The lowest BCUT2D eigenvalue weighted by molar-refractivity contribution is 0.0166. The molecule has 2 rings (SSSR count). The second-order valence-electron chi connectivity index (χ2n) is 5.82. The van der Waals surface area contributed by atoms with Gasteiger partial charge in [0.25, 0.3) is 0 Å². The maximum Gasteiger partial charge on any atom is 0.410 e. The molecule has 2 heterocycles. The van der Waals surface area contributed by atoms with Gasteiger partial charge in [-0.2, -0.15) is 5.10 Å². The van der Waals surface area contributed by atoms with Crippen LogP contribution < -0.4 is 0 Å². The zero-order chi connectivity index (χ0) is 14.0. The van der Waals surface area contributed by atoms with E-state index in [9.17, 15) is 4.79 Å². The van der Waals surface area contributed by atoms with Crippen molar-refractivity contribution in [2.45, 2.75) is 45.3 Å². The number of halogens is 1. The van der Waals surface area contributed by atoms with Crippen LogP contribution in [0.25, 0.3) is 0 Å². The van der Waals surface area contributed by atoms with E-state index in [1.165, 1.54) is 0 Å². The lowest BCUT2D eigenvalue weighted by atomic mass is 10.1. The number of carbonyl (C=O) groups is 1. The third-order valence-electron chi connectivity index (χ3n) is 3.02. The molecule has 1 aromatic rings. The van der Waals surface area contributed by atoms with Crippen LogP contribution in [-0.4, -0.2) is 39.5 Å². The monoisotopic (exact) mass is 329 g/mol. The van der Waals surface area contributed by atoms with Gasteiger partial charge in [0, 0.05) is 13.1 Å². The molecular formula is C13H20BrN3O2. The fourth-order valence-electron chi connectivity index (χ4n) is 2.21. The van der Waals surface area contributed by atoms with Crippen molar-refractivity contribution >= 4 is 22.0 Å². The van der Waals surface area contributed by atoms with Gasteiger partial charge in [-0.3, -0.25) is 4.68 Å². The number of ether oxygens (including phenoxy) is 1. The van der Waals surface area contributed by atoms with Crippen LogP contribution in [0.2, 0.25) is 0 Å². The molecule has 19 heavy (non-hydrogen) atoms. The molecular weight excluding hydrogens is 310 g/mol. The van der Waals surface area contributed by atoms with Gasteiger partial charge in [-0.25, -0.2) is 4.79 Å². The first-order chi connectivity index (χ1) is 8.87. The molecule has 106 valence electrons. The van der Waals surface area contributed by atoms with Gasteiger partial charge in [0.1, 0.15) is 10.2 Å². The molecule has 0 aromatic carbocycles. The highest BCUT2D eigenvalue weighted by Crippen LogP contribution is 2.25. The Bertz CT molecular complexity index is 453. The zero-order valence-electron chi connectivity index (χ0n) is 11.6. The van der Waals surface area contributed by atoms with E-state index in [1.54, 1.807) is 11.1 Å². The summed E-state index contributed by atoms with van der Waals surface area (Å²) in [7, 11) is 0. The molecule has 0 N–H and O–H groups in total. The van der Waals surface area contributed by atoms with Crippen LogP contribution in [0, 0.1) is 0 Å². The Labute approximate surface area is 122 Å². The predicted molar refractivity (Wildman–Crippen MR) is 76.0 cm³/mol. The van der Waals surface area contributed by atoms with Gasteiger partial charge in [0.2, 0.25) is 0 Å². The van der Waals surface area contributed by atoms with Crippen molar-refractivity contribution in [1.29, 1.82) is 0 Å². The second kappa shape index (κ2) is 5.53. The number of nitrogens with zero attached hydrogens (tertiary/aromatic N) is 3. The number of piperidine rings is 1. The van der Waals surface area contributed by atoms with E-state index >= 15 is 0 Å². The van der Waals surface area contributed by atoms with Gasteiger partial charge in [0.05, 0.1) is 12.2 Å². The van der Waals surface area contributed by atoms with E-state index in [2.05, 4.69) is 21.0 Å². The largest absolute Gasteiger partial charge is 0.444 e. The maximum absolute atomic E-state index is 12.1. The molecule has 5 nitrogen and oxygen atoms in total. The molecule has 0 spiro atoms. The Balaban J connectivity index is 2.01. The SMILES string of the molecule is CC(C)(C)OC(=O)N1CCCC(n2nccc2Br)C1. The molecule has 1 saturated heterocycles. The molecule has 1 unspecified atom stereocenters. The van der Waals surface area contributed by atoms with Crippen LogP contribution in [0.4, 0.5) is 4.79 Å². The fourth-order valence-corrected chi connectivity index (χ4v) is 2.71. The normalized spacial score (nSPS) is 20.4. The molecule has 0 saturated carbocycles. The third-order valence-corrected chi connectivity index (χ3v) is 3.64. The van der Waals surface area contributed by atoms with Crippen molar-refractivity contribution in [3.8, 4) is 0 Å². The first-order valence-electron chi connectivity index (χ1n) is 6.54. The summed E-state index contributed by atoms with van der Waals surface area (Å²) in [5.41, 5.74) is -0.448. The van der Waals surface area contributed by atoms with Gasteiger partial charge in [-0.15, -0.1) is 0 Å². The van der Waals surface area contributed by atoms with Crippen molar-refractivity contribution in [2.24, 2.45) is 0 Å². The van der Waals surface area contributed by atoms with E-state index in [4.69, 9.17) is 4.74 Å². The Hall–Kier alpha value is -1.04. The number of amides is 1. The molecule has 1 atom stereocenters. The van der Waals surface area contributed by atoms with Crippen molar-refractivity contribution < 1.29 is 9.53 Å². The Morgan fingerprint density at radius 1 is 1.53 bits per heavy atom. The molecule has 0 aliphatic carbocycles. The van der Waals surface area contributed by atoms with E-state index < -0.39 is 5.60 Å². The molecule has 1 aliphatic rings. The van der Waals surface area contributed by atoms with Crippen LogP contribution in [0.5, 0.6) is 0 Å².